The Labute approximate surface area is 237 Å². The molecule has 6 rings (SSSR count). The number of methoxy groups -OCH3 is 1. The molecule has 11 heteroatoms. The van der Waals surface area contributed by atoms with Crippen molar-refractivity contribution in [2.45, 2.75) is 51.5 Å². The molecule has 208 valence electrons. The number of hydrogen-bond acceptors (Lipinski definition) is 9. The van der Waals surface area contributed by atoms with Crippen molar-refractivity contribution in [2.75, 3.05) is 13.7 Å². The Hall–Kier alpha value is -4.66. The summed E-state index contributed by atoms with van der Waals surface area (Å²) in [6, 6.07) is 15.1. The van der Waals surface area contributed by atoms with Crippen LogP contribution in [0.25, 0.3) is 33.7 Å². The maximum atomic E-state index is 10.4. The fraction of sp³-hybridized carbons (Fsp3) is 0.333. The highest BCUT2D eigenvalue weighted by Crippen LogP contribution is 2.37. The molecule has 0 spiro atoms. The second-order valence-corrected chi connectivity index (χ2v) is 10.6. The Kier molecular flexibility index (Phi) is 6.95. The van der Waals surface area contributed by atoms with E-state index in [1.807, 2.05) is 41.1 Å². The van der Waals surface area contributed by atoms with Gasteiger partial charge < -0.3 is 14.6 Å². The summed E-state index contributed by atoms with van der Waals surface area (Å²) in [5.74, 6) is 0.453. The lowest BCUT2D eigenvalue weighted by atomic mass is 10.0. The van der Waals surface area contributed by atoms with Gasteiger partial charge in [0.2, 0.25) is 0 Å². The largest absolute Gasteiger partial charge is 0.495 e. The van der Waals surface area contributed by atoms with Gasteiger partial charge in [0.15, 0.2) is 5.65 Å². The van der Waals surface area contributed by atoms with Gasteiger partial charge in [-0.3, -0.25) is 9.55 Å². The molecule has 1 saturated heterocycles. The Morgan fingerprint density at radius 2 is 1.98 bits per heavy atom. The summed E-state index contributed by atoms with van der Waals surface area (Å²) in [6.45, 7) is 4.47. The Morgan fingerprint density at radius 3 is 2.73 bits per heavy atom. The predicted octanol–water partition coefficient (Wildman–Crippen LogP) is 4.61. The lowest BCUT2D eigenvalue weighted by Crippen LogP contribution is -2.18. The lowest BCUT2D eigenvalue weighted by molar-refractivity contribution is -0.0298. The SMILES string of the molecule is COc1c(C#N)cccc1-c1cc(-c2cn(Cc3cccc(C(C)(C)O)n3)nn2)c2ncn(C3CCCCO3)c2n1. The lowest BCUT2D eigenvalue weighted by Gasteiger charge is -2.24. The van der Waals surface area contributed by atoms with Gasteiger partial charge in [0.1, 0.15) is 34.9 Å². The van der Waals surface area contributed by atoms with Gasteiger partial charge in [-0.25, -0.2) is 14.6 Å². The Bertz CT molecular complexity index is 1760. The van der Waals surface area contributed by atoms with Crippen molar-refractivity contribution in [3.63, 3.8) is 0 Å². The highest BCUT2D eigenvalue weighted by Gasteiger charge is 2.24. The molecular formula is C30H30N8O3. The molecule has 5 heterocycles. The predicted molar refractivity (Wildman–Crippen MR) is 151 cm³/mol. The van der Waals surface area contributed by atoms with Crippen LogP contribution in [0, 0.1) is 11.3 Å². The van der Waals surface area contributed by atoms with Gasteiger partial charge in [0.25, 0.3) is 0 Å². The maximum Gasteiger partial charge on any atom is 0.163 e. The van der Waals surface area contributed by atoms with E-state index in [-0.39, 0.29) is 6.23 Å². The van der Waals surface area contributed by atoms with Crippen LogP contribution in [0.3, 0.4) is 0 Å². The Morgan fingerprint density at radius 1 is 1.12 bits per heavy atom. The third-order valence-electron chi connectivity index (χ3n) is 7.18. The number of fused-ring (bicyclic) bond motifs is 1. The van der Waals surface area contributed by atoms with Crippen LogP contribution in [0.4, 0.5) is 0 Å². The van der Waals surface area contributed by atoms with Crippen LogP contribution in [0.2, 0.25) is 0 Å². The quantitative estimate of drug-likeness (QED) is 0.308. The van der Waals surface area contributed by atoms with Gasteiger partial charge in [0.05, 0.1) is 48.8 Å². The molecule has 41 heavy (non-hydrogen) atoms. The summed E-state index contributed by atoms with van der Waals surface area (Å²) in [5, 5.41) is 28.9. The van der Waals surface area contributed by atoms with Crippen LogP contribution in [-0.2, 0) is 16.9 Å². The molecular weight excluding hydrogens is 520 g/mol. The number of benzene rings is 1. The smallest absolute Gasteiger partial charge is 0.163 e. The molecule has 4 aromatic heterocycles. The van der Waals surface area contributed by atoms with E-state index in [2.05, 4.69) is 21.4 Å². The summed E-state index contributed by atoms with van der Waals surface area (Å²) < 4.78 is 15.4. The molecule has 1 atom stereocenters. The highest BCUT2D eigenvalue weighted by molar-refractivity contribution is 5.92. The summed E-state index contributed by atoms with van der Waals surface area (Å²) in [5.41, 5.74) is 4.70. The van der Waals surface area contributed by atoms with Crippen molar-refractivity contribution in [3.8, 4) is 34.3 Å². The molecule has 5 aromatic rings. The van der Waals surface area contributed by atoms with Crippen molar-refractivity contribution in [2.24, 2.45) is 0 Å². The average molecular weight is 551 g/mol. The molecule has 0 amide bonds. The number of para-hydroxylation sites is 1. The summed E-state index contributed by atoms with van der Waals surface area (Å²) >= 11 is 0. The van der Waals surface area contributed by atoms with Gasteiger partial charge in [-0.2, -0.15) is 5.26 Å². The first-order valence-corrected chi connectivity index (χ1v) is 13.5. The number of ether oxygens (including phenoxy) is 2. The first-order valence-electron chi connectivity index (χ1n) is 13.5. The molecule has 1 aromatic carbocycles. The normalized spacial score (nSPS) is 15.6. The average Bonchev–Trinajstić information content (AvgIpc) is 3.63. The first kappa shape index (κ1) is 26.6. The zero-order chi connectivity index (χ0) is 28.6. The van der Waals surface area contributed by atoms with Crippen molar-refractivity contribution in [3.05, 3.63) is 71.9 Å². The van der Waals surface area contributed by atoms with E-state index in [9.17, 15) is 10.4 Å². The summed E-state index contributed by atoms with van der Waals surface area (Å²) in [4.78, 5) is 14.3. The third kappa shape index (κ3) is 5.15. The minimum Gasteiger partial charge on any atom is -0.495 e. The fourth-order valence-corrected chi connectivity index (χ4v) is 5.11. The van der Waals surface area contributed by atoms with Gasteiger partial charge in [-0.05, 0) is 63.4 Å². The second kappa shape index (κ2) is 10.7. The molecule has 11 nitrogen and oxygen atoms in total. The Balaban J connectivity index is 1.46. The van der Waals surface area contributed by atoms with E-state index in [0.717, 1.165) is 30.5 Å². The van der Waals surface area contributed by atoms with Crippen molar-refractivity contribution in [1.29, 1.82) is 5.26 Å². The van der Waals surface area contributed by atoms with E-state index in [4.69, 9.17) is 19.4 Å². The molecule has 0 radical (unpaired) electrons. The number of aromatic nitrogens is 7. The highest BCUT2D eigenvalue weighted by atomic mass is 16.5. The molecule has 1 aliphatic heterocycles. The molecule has 0 aliphatic carbocycles. The number of rotatable bonds is 7. The number of pyridine rings is 2. The van der Waals surface area contributed by atoms with Gasteiger partial charge in [-0.15, -0.1) is 5.10 Å². The molecule has 1 unspecified atom stereocenters. The minimum absolute atomic E-state index is 0.165. The van der Waals surface area contributed by atoms with E-state index in [1.165, 1.54) is 0 Å². The van der Waals surface area contributed by atoms with Gasteiger partial charge >= 0.3 is 0 Å². The zero-order valence-corrected chi connectivity index (χ0v) is 23.2. The second-order valence-electron chi connectivity index (χ2n) is 10.6. The van der Waals surface area contributed by atoms with Crippen molar-refractivity contribution in [1.82, 2.24) is 34.5 Å². The van der Waals surface area contributed by atoms with Crippen LogP contribution < -0.4 is 4.74 Å². The molecule has 0 saturated carbocycles. The maximum absolute atomic E-state index is 10.4. The molecule has 1 N–H and O–H groups in total. The van der Waals surface area contributed by atoms with E-state index < -0.39 is 5.60 Å². The number of nitriles is 1. The van der Waals surface area contributed by atoms with Crippen molar-refractivity contribution < 1.29 is 14.6 Å². The van der Waals surface area contributed by atoms with Crippen LogP contribution in [0.1, 0.15) is 56.3 Å². The van der Waals surface area contributed by atoms with Gasteiger partial charge in [0, 0.05) is 17.7 Å². The third-order valence-corrected chi connectivity index (χ3v) is 7.18. The number of aliphatic hydroxyl groups is 1. The monoisotopic (exact) mass is 550 g/mol. The fourth-order valence-electron chi connectivity index (χ4n) is 5.11. The van der Waals surface area contributed by atoms with Crippen LogP contribution >= 0.6 is 0 Å². The number of imidazole rings is 1. The molecule has 0 bridgehead atoms. The van der Waals surface area contributed by atoms with Gasteiger partial charge in [-0.1, -0.05) is 17.3 Å². The molecule has 1 fully saturated rings. The molecule has 1 aliphatic rings. The standard InChI is InChI=1S/C30H30N8O3/c1-30(2,39)25-11-7-9-20(33-25)16-37-17-24(35-36-37)22-14-23(21-10-6-8-19(15-31)28(21)40-3)34-29-27(22)32-18-38(29)26-12-4-5-13-41-26/h6-11,14,17-18,26,39H,4-5,12-13,16H2,1-3H3. The minimum atomic E-state index is -1.05. The number of nitrogens with zero attached hydrogens (tertiary/aromatic N) is 8. The number of hydrogen-bond donors (Lipinski definition) is 1. The zero-order valence-electron chi connectivity index (χ0n) is 23.2. The van der Waals surface area contributed by atoms with Crippen LogP contribution in [0.15, 0.2) is 55.0 Å². The topological polar surface area (TPSA) is 137 Å². The summed E-state index contributed by atoms with van der Waals surface area (Å²) in [7, 11) is 1.55. The van der Waals surface area contributed by atoms with E-state index >= 15 is 0 Å². The first-order chi connectivity index (χ1) is 19.9. The van der Waals surface area contributed by atoms with E-state index in [0.29, 0.717) is 58.3 Å². The van der Waals surface area contributed by atoms with E-state index in [1.54, 1.807) is 44.1 Å². The summed E-state index contributed by atoms with van der Waals surface area (Å²) in [6.07, 6.45) is 6.40. The van der Waals surface area contributed by atoms with Crippen LogP contribution in [0.5, 0.6) is 5.75 Å². The van der Waals surface area contributed by atoms with Crippen LogP contribution in [-0.4, -0.2) is 53.3 Å². The van der Waals surface area contributed by atoms with Crippen molar-refractivity contribution >= 4 is 11.2 Å².